The number of hydrogen-bond donors (Lipinski definition) is 1. The first kappa shape index (κ1) is 24.7. The lowest BCUT2D eigenvalue weighted by Crippen LogP contribution is -2.47. The molecule has 0 radical (unpaired) electrons. The van der Waals surface area contributed by atoms with Crippen LogP contribution in [0.2, 0.25) is 5.02 Å². The Hall–Kier alpha value is -2.89. The minimum absolute atomic E-state index is 0.172. The van der Waals surface area contributed by atoms with Gasteiger partial charge in [0.25, 0.3) is 0 Å². The molecule has 0 saturated carbocycles. The molecule has 0 fully saturated rings. The summed E-state index contributed by atoms with van der Waals surface area (Å²) >= 11 is 7.28. The number of ether oxygens (including phenoxy) is 2. The van der Waals surface area contributed by atoms with Gasteiger partial charge in [0.1, 0.15) is 22.5 Å². The molecule has 0 aliphatic carbocycles. The molecule has 0 spiro atoms. The van der Waals surface area contributed by atoms with Crippen LogP contribution in [0.15, 0.2) is 42.5 Å². The number of sulfonamides is 1. The summed E-state index contributed by atoms with van der Waals surface area (Å²) in [5, 5.41) is 12.0. The highest BCUT2D eigenvalue weighted by molar-refractivity contribution is 7.92. The average molecular weight is 511 g/mol. The van der Waals surface area contributed by atoms with Crippen molar-refractivity contribution in [2.45, 2.75) is 19.4 Å². The number of hydrogen-bond acceptors (Lipinski definition) is 8. The largest absolute Gasteiger partial charge is 0.497 e. The summed E-state index contributed by atoms with van der Waals surface area (Å²) in [5.74, 6) is 0.427. The summed E-state index contributed by atoms with van der Waals surface area (Å²) in [4.78, 5) is 13.2. The Balaban J connectivity index is 1.89. The molecule has 0 unspecified atom stereocenters. The Labute approximate surface area is 201 Å². The highest BCUT2D eigenvalue weighted by Gasteiger charge is 2.34. The van der Waals surface area contributed by atoms with Gasteiger partial charge in [-0.1, -0.05) is 29.9 Å². The SMILES string of the molecule is CC[C@H](C(=O)Nc1nnc(-c2ccc(OC)cc2)s1)N(c1cc(Cl)ccc1OC)S(C)(=O)=O. The molecule has 1 N–H and O–H groups in total. The molecule has 9 nitrogen and oxygen atoms in total. The lowest BCUT2D eigenvalue weighted by atomic mass is 10.2. The van der Waals surface area contributed by atoms with E-state index in [4.69, 9.17) is 21.1 Å². The smallest absolute Gasteiger partial charge is 0.250 e. The minimum atomic E-state index is -3.87. The Kier molecular flexibility index (Phi) is 7.77. The first-order valence-corrected chi connectivity index (χ1v) is 12.8. The zero-order chi connectivity index (χ0) is 24.2. The number of amides is 1. The maximum absolute atomic E-state index is 13.2. The van der Waals surface area contributed by atoms with Crippen LogP contribution in [0.5, 0.6) is 11.5 Å². The first-order valence-electron chi connectivity index (χ1n) is 9.79. The van der Waals surface area contributed by atoms with Crippen LogP contribution in [0, 0.1) is 0 Å². The van der Waals surface area contributed by atoms with Crippen LogP contribution < -0.4 is 19.1 Å². The lowest BCUT2D eigenvalue weighted by molar-refractivity contribution is -0.117. The molecule has 3 aromatic rings. The fourth-order valence-electron chi connectivity index (χ4n) is 3.18. The molecule has 0 aliphatic heterocycles. The Morgan fingerprint density at radius 2 is 1.85 bits per heavy atom. The monoisotopic (exact) mass is 510 g/mol. The summed E-state index contributed by atoms with van der Waals surface area (Å²) in [5.41, 5.74) is 0.980. The van der Waals surface area contributed by atoms with E-state index in [1.807, 2.05) is 12.1 Å². The molecule has 176 valence electrons. The van der Waals surface area contributed by atoms with Gasteiger partial charge in [0.2, 0.25) is 21.1 Å². The van der Waals surface area contributed by atoms with Crippen LogP contribution in [-0.4, -0.2) is 51.0 Å². The van der Waals surface area contributed by atoms with E-state index in [2.05, 4.69) is 15.5 Å². The quantitative estimate of drug-likeness (QED) is 0.462. The zero-order valence-corrected chi connectivity index (χ0v) is 20.8. The maximum Gasteiger partial charge on any atom is 0.250 e. The highest BCUT2D eigenvalue weighted by Crippen LogP contribution is 2.35. The molecule has 1 amide bonds. The number of methoxy groups -OCH3 is 2. The third-order valence-corrected chi connectivity index (χ3v) is 6.99. The van der Waals surface area contributed by atoms with Crippen molar-refractivity contribution in [3.63, 3.8) is 0 Å². The molecule has 3 rings (SSSR count). The second-order valence-electron chi connectivity index (χ2n) is 6.93. The summed E-state index contributed by atoms with van der Waals surface area (Å²) < 4.78 is 36.9. The van der Waals surface area contributed by atoms with Gasteiger partial charge < -0.3 is 9.47 Å². The topological polar surface area (TPSA) is 111 Å². The number of rotatable bonds is 9. The van der Waals surface area contributed by atoms with Gasteiger partial charge in [-0.25, -0.2) is 8.42 Å². The molecule has 0 aliphatic rings. The summed E-state index contributed by atoms with van der Waals surface area (Å²) in [6, 6.07) is 10.8. The van der Waals surface area contributed by atoms with E-state index in [1.165, 1.54) is 24.5 Å². The second-order valence-corrected chi connectivity index (χ2v) is 10.2. The summed E-state index contributed by atoms with van der Waals surface area (Å²) in [6.45, 7) is 1.71. The van der Waals surface area contributed by atoms with E-state index in [1.54, 1.807) is 38.3 Å². The van der Waals surface area contributed by atoms with E-state index < -0.39 is 22.0 Å². The molecule has 0 bridgehead atoms. The van der Waals surface area contributed by atoms with Crippen LogP contribution in [-0.2, 0) is 14.8 Å². The third kappa shape index (κ3) is 5.73. The van der Waals surface area contributed by atoms with Crippen molar-refractivity contribution >= 4 is 49.7 Å². The molecular weight excluding hydrogens is 488 g/mol. The second kappa shape index (κ2) is 10.4. The number of anilines is 2. The third-order valence-electron chi connectivity index (χ3n) is 4.70. The number of nitrogens with one attached hydrogen (secondary N) is 1. The minimum Gasteiger partial charge on any atom is -0.497 e. The number of carbonyl (C=O) groups is 1. The lowest BCUT2D eigenvalue weighted by Gasteiger charge is -2.30. The predicted octanol–water partition coefficient (Wildman–Crippen LogP) is 4.06. The van der Waals surface area contributed by atoms with Crippen LogP contribution >= 0.6 is 22.9 Å². The van der Waals surface area contributed by atoms with E-state index in [0.29, 0.717) is 15.8 Å². The van der Waals surface area contributed by atoms with Crippen molar-refractivity contribution in [2.75, 3.05) is 30.1 Å². The molecule has 1 heterocycles. The predicted molar refractivity (Wildman–Crippen MR) is 130 cm³/mol. The Morgan fingerprint density at radius 3 is 2.42 bits per heavy atom. The summed E-state index contributed by atoms with van der Waals surface area (Å²) in [6.07, 6.45) is 1.22. The van der Waals surface area contributed by atoms with Gasteiger partial charge in [-0.15, -0.1) is 10.2 Å². The van der Waals surface area contributed by atoms with Crippen molar-refractivity contribution in [3.05, 3.63) is 47.5 Å². The normalized spacial score (nSPS) is 12.2. The number of benzene rings is 2. The van der Waals surface area contributed by atoms with Gasteiger partial charge in [-0.2, -0.15) is 0 Å². The number of carbonyl (C=O) groups excluding carboxylic acids is 1. The number of nitrogens with zero attached hydrogens (tertiary/aromatic N) is 3. The summed E-state index contributed by atoms with van der Waals surface area (Å²) in [7, 11) is -0.878. The van der Waals surface area contributed by atoms with Gasteiger partial charge in [-0.3, -0.25) is 14.4 Å². The molecule has 1 atom stereocenters. The molecule has 0 saturated heterocycles. The van der Waals surface area contributed by atoms with Crippen LogP contribution in [0.25, 0.3) is 10.6 Å². The fourth-order valence-corrected chi connectivity index (χ4v) is 5.31. The van der Waals surface area contributed by atoms with Crippen LogP contribution in [0.4, 0.5) is 10.8 Å². The van der Waals surface area contributed by atoms with Crippen molar-refractivity contribution < 1.29 is 22.7 Å². The van der Waals surface area contributed by atoms with E-state index in [9.17, 15) is 13.2 Å². The zero-order valence-electron chi connectivity index (χ0n) is 18.4. The van der Waals surface area contributed by atoms with E-state index in [0.717, 1.165) is 16.1 Å². The van der Waals surface area contributed by atoms with Crippen molar-refractivity contribution in [1.82, 2.24) is 10.2 Å². The maximum atomic E-state index is 13.2. The molecule has 12 heteroatoms. The van der Waals surface area contributed by atoms with Gasteiger partial charge in [0, 0.05) is 10.6 Å². The van der Waals surface area contributed by atoms with Gasteiger partial charge in [0.05, 0.1) is 26.2 Å². The average Bonchev–Trinajstić information content (AvgIpc) is 3.24. The van der Waals surface area contributed by atoms with Crippen LogP contribution in [0.3, 0.4) is 0 Å². The van der Waals surface area contributed by atoms with Crippen molar-refractivity contribution in [3.8, 4) is 22.1 Å². The van der Waals surface area contributed by atoms with Crippen molar-refractivity contribution in [2.24, 2.45) is 0 Å². The molecular formula is C21H23ClN4O5S2. The number of halogens is 1. The highest BCUT2D eigenvalue weighted by atomic mass is 35.5. The van der Waals surface area contributed by atoms with Crippen LogP contribution in [0.1, 0.15) is 13.3 Å². The van der Waals surface area contributed by atoms with Crippen molar-refractivity contribution in [1.29, 1.82) is 0 Å². The Morgan fingerprint density at radius 1 is 1.15 bits per heavy atom. The Bertz CT molecular complexity index is 1230. The van der Waals surface area contributed by atoms with Gasteiger partial charge in [-0.05, 0) is 48.9 Å². The fraction of sp³-hybridized carbons (Fsp3) is 0.286. The van der Waals surface area contributed by atoms with E-state index >= 15 is 0 Å². The number of aromatic nitrogens is 2. The van der Waals surface area contributed by atoms with Gasteiger partial charge >= 0.3 is 0 Å². The molecule has 33 heavy (non-hydrogen) atoms. The molecule has 2 aromatic carbocycles. The molecule has 1 aromatic heterocycles. The van der Waals surface area contributed by atoms with E-state index in [-0.39, 0.29) is 23.0 Å². The standard InChI is InChI=1S/C21H23ClN4O5S2/c1-5-16(26(33(4,28)29)17-12-14(22)8-11-18(17)31-3)19(27)23-21-25-24-20(32-21)13-6-9-15(30-2)10-7-13/h6-12,16H,5H2,1-4H3,(H,23,25,27)/t16-/m1/s1. The van der Waals surface area contributed by atoms with Gasteiger partial charge in [0.15, 0.2) is 0 Å². The first-order chi connectivity index (χ1) is 15.7.